The second-order valence-electron chi connectivity index (χ2n) is 10.5. The number of hydrogen-bond acceptors (Lipinski definition) is 5. The SMILES string of the molecule is CNC(=O)[C@H](CCCCNC(=O)OC(C)(C)C)N1CC[C@@]2(Cc3c([nH]c4ccccc34)CN2)C1=O. The highest BCUT2D eigenvalue weighted by atomic mass is 16.6. The van der Waals surface area contributed by atoms with Crippen LogP contribution in [0.25, 0.3) is 10.9 Å². The molecule has 3 heterocycles. The van der Waals surface area contributed by atoms with Crippen molar-refractivity contribution >= 4 is 28.8 Å². The summed E-state index contributed by atoms with van der Waals surface area (Å²) in [4.78, 5) is 43.5. The lowest BCUT2D eigenvalue weighted by Gasteiger charge is -2.34. The van der Waals surface area contributed by atoms with Gasteiger partial charge in [0.05, 0.1) is 0 Å². The number of para-hydroxylation sites is 1. The zero-order valence-corrected chi connectivity index (χ0v) is 21.1. The van der Waals surface area contributed by atoms with Crippen LogP contribution < -0.4 is 16.0 Å². The largest absolute Gasteiger partial charge is 0.444 e. The summed E-state index contributed by atoms with van der Waals surface area (Å²) in [5.41, 5.74) is 2.19. The van der Waals surface area contributed by atoms with Crippen molar-refractivity contribution < 1.29 is 19.1 Å². The van der Waals surface area contributed by atoms with E-state index in [0.717, 1.165) is 16.6 Å². The van der Waals surface area contributed by atoms with Gasteiger partial charge in [0.2, 0.25) is 11.8 Å². The maximum atomic E-state index is 13.7. The van der Waals surface area contributed by atoms with Gasteiger partial charge in [-0.05, 0) is 58.1 Å². The number of nitrogens with zero attached hydrogens (tertiary/aromatic N) is 1. The Morgan fingerprint density at radius 3 is 2.74 bits per heavy atom. The Kier molecular flexibility index (Phi) is 7.07. The number of H-pyrrole nitrogens is 1. The zero-order chi connectivity index (χ0) is 25.2. The lowest BCUT2D eigenvalue weighted by molar-refractivity contribution is -0.141. The Morgan fingerprint density at radius 1 is 1.23 bits per heavy atom. The summed E-state index contributed by atoms with van der Waals surface area (Å²) in [6.45, 7) is 7.06. The van der Waals surface area contributed by atoms with Gasteiger partial charge in [0.15, 0.2) is 0 Å². The molecule has 0 bridgehead atoms. The van der Waals surface area contributed by atoms with E-state index in [1.54, 1.807) is 11.9 Å². The van der Waals surface area contributed by atoms with Crippen LogP contribution in [0.4, 0.5) is 4.79 Å². The molecule has 4 N–H and O–H groups in total. The van der Waals surface area contributed by atoms with Crippen molar-refractivity contribution in [1.29, 1.82) is 0 Å². The number of hydrogen-bond donors (Lipinski definition) is 4. The summed E-state index contributed by atoms with van der Waals surface area (Å²) in [6.07, 6.45) is 2.76. The van der Waals surface area contributed by atoms with Crippen molar-refractivity contribution in [1.82, 2.24) is 25.8 Å². The number of fused-ring (bicyclic) bond motifs is 3. The summed E-state index contributed by atoms with van der Waals surface area (Å²) in [5.74, 6) is -0.159. The number of carbonyl (C=O) groups is 3. The summed E-state index contributed by atoms with van der Waals surface area (Å²) < 4.78 is 5.25. The molecule has 0 saturated carbocycles. The fourth-order valence-corrected chi connectivity index (χ4v) is 5.21. The van der Waals surface area contributed by atoms with Gasteiger partial charge in [0.25, 0.3) is 0 Å². The van der Waals surface area contributed by atoms with E-state index in [1.165, 1.54) is 5.56 Å². The number of alkyl carbamates (subject to hydrolysis) is 1. The molecule has 0 unspecified atom stereocenters. The fraction of sp³-hybridized carbons (Fsp3) is 0.577. The van der Waals surface area contributed by atoms with Gasteiger partial charge in [-0.2, -0.15) is 0 Å². The van der Waals surface area contributed by atoms with Crippen molar-refractivity contribution in [2.75, 3.05) is 20.1 Å². The zero-order valence-electron chi connectivity index (χ0n) is 21.1. The predicted octanol–water partition coefficient (Wildman–Crippen LogP) is 2.59. The number of amides is 3. The van der Waals surface area contributed by atoms with E-state index in [2.05, 4.69) is 33.1 Å². The van der Waals surface area contributed by atoms with Gasteiger partial charge in [0.1, 0.15) is 17.2 Å². The molecular weight excluding hydrogens is 446 g/mol. The molecule has 1 spiro atoms. The highest BCUT2D eigenvalue weighted by molar-refractivity contribution is 5.95. The number of benzene rings is 1. The number of nitrogens with one attached hydrogen (secondary N) is 4. The molecule has 2 aliphatic rings. The van der Waals surface area contributed by atoms with E-state index in [9.17, 15) is 14.4 Å². The fourth-order valence-electron chi connectivity index (χ4n) is 5.21. The van der Waals surface area contributed by atoms with Crippen LogP contribution in [0, 0.1) is 0 Å². The quantitative estimate of drug-likeness (QED) is 0.452. The Bertz CT molecular complexity index is 1100. The molecule has 3 amide bonds. The van der Waals surface area contributed by atoms with Gasteiger partial charge in [0, 0.05) is 49.7 Å². The van der Waals surface area contributed by atoms with Crippen LogP contribution in [0.1, 0.15) is 57.7 Å². The third-order valence-electron chi connectivity index (χ3n) is 6.93. The summed E-state index contributed by atoms with van der Waals surface area (Å²) >= 11 is 0. The van der Waals surface area contributed by atoms with Crippen molar-refractivity contribution in [3.05, 3.63) is 35.5 Å². The molecule has 1 saturated heterocycles. The number of likely N-dealkylation sites (N-methyl/N-ethyl adjacent to an activating group) is 1. The second kappa shape index (κ2) is 9.89. The molecule has 9 nitrogen and oxygen atoms in total. The number of unbranched alkanes of at least 4 members (excludes halogenated alkanes) is 1. The third-order valence-corrected chi connectivity index (χ3v) is 6.93. The Hall–Kier alpha value is -3.07. The molecule has 9 heteroatoms. The minimum Gasteiger partial charge on any atom is -0.444 e. The number of aromatic amines is 1. The molecule has 1 aromatic heterocycles. The van der Waals surface area contributed by atoms with Gasteiger partial charge in [-0.15, -0.1) is 0 Å². The Morgan fingerprint density at radius 2 is 2.00 bits per heavy atom. The summed E-state index contributed by atoms with van der Waals surface area (Å²) in [7, 11) is 1.60. The van der Waals surface area contributed by atoms with E-state index < -0.39 is 23.3 Å². The van der Waals surface area contributed by atoms with Gasteiger partial charge in [-0.25, -0.2) is 4.79 Å². The van der Waals surface area contributed by atoms with Gasteiger partial charge in [-0.3, -0.25) is 14.9 Å². The average molecular weight is 484 g/mol. The van der Waals surface area contributed by atoms with Crippen molar-refractivity contribution in [2.24, 2.45) is 0 Å². The van der Waals surface area contributed by atoms with E-state index >= 15 is 0 Å². The highest BCUT2D eigenvalue weighted by Gasteiger charge is 2.51. The van der Waals surface area contributed by atoms with Gasteiger partial charge < -0.3 is 25.3 Å². The molecule has 35 heavy (non-hydrogen) atoms. The number of ether oxygens (including phenoxy) is 1. The molecule has 0 aliphatic carbocycles. The number of carbonyl (C=O) groups excluding carboxylic acids is 3. The number of rotatable bonds is 7. The molecule has 2 aliphatic heterocycles. The van der Waals surface area contributed by atoms with E-state index in [1.807, 2.05) is 32.9 Å². The number of aromatic nitrogens is 1. The first-order valence-electron chi connectivity index (χ1n) is 12.5. The van der Waals surface area contributed by atoms with Crippen molar-refractivity contribution in [3.63, 3.8) is 0 Å². The first kappa shape index (κ1) is 25.0. The number of likely N-dealkylation sites (tertiary alicyclic amines) is 1. The third kappa shape index (κ3) is 5.29. The monoisotopic (exact) mass is 483 g/mol. The van der Waals surface area contributed by atoms with Gasteiger partial charge >= 0.3 is 6.09 Å². The minimum absolute atomic E-state index is 0.00564. The van der Waals surface area contributed by atoms with Crippen molar-refractivity contribution in [3.8, 4) is 0 Å². The van der Waals surface area contributed by atoms with E-state index in [-0.39, 0.29) is 11.8 Å². The normalized spacial score (nSPS) is 20.7. The molecular formula is C26H37N5O4. The smallest absolute Gasteiger partial charge is 0.407 e. The van der Waals surface area contributed by atoms with Crippen LogP contribution in [0.15, 0.2) is 24.3 Å². The van der Waals surface area contributed by atoms with Gasteiger partial charge in [-0.1, -0.05) is 18.2 Å². The maximum Gasteiger partial charge on any atom is 0.407 e. The van der Waals surface area contributed by atoms with Crippen LogP contribution in [0.3, 0.4) is 0 Å². The first-order valence-corrected chi connectivity index (χ1v) is 12.5. The average Bonchev–Trinajstić information content (AvgIpc) is 3.32. The molecule has 1 aromatic carbocycles. The standard InChI is InChI=1S/C26H37N5O4/c1-25(2,3)35-24(34)28-13-8-7-11-21(22(32)27-4)31-14-12-26(23(31)33)15-18-17-9-5-6-10-19(17)30-20(18)16-29-26/h5-6,9-10,21,29-30H,7-8,11-16H2,1-4H3,(H,27,32)(H,28,34)/t21-,26+/m0/s1. The maximum absolute atomic E-state index is 13.7. The minimum atomic E-state index is -0.678. The molecule has 2 aromatic rings. The van der Waals surface area contributed by atoms with Crippen LogP contribution >= 0.6 is 0 Å². The lowest BCUT2D eigenvalue weighted by Crippen LogP contribution is -2.57. The molecule has 4 rings (SSSR count). The first-order chi connectivity index (χ1) is 16.6. The van der Waals surface area contributed by atoms with Crippen molar-refractivity contribution in [2.45, 2.75) is 76.6 Å². The van der Waals surface area contributed by atoms with Crippen LogP contribution in [0.5, 0.6) is 0 Å². The predicted molar refractivity (Wildman–Crippen MR) is 134 cm³/mol. The molecule has 2 atom stereocenters. The highest BCUT2D eigenvalue weighted by Crippen LogP contribution is 2.36. The van der Waals surface area contributed by atoms with Crippen LogP contribution in [-0.2, 0) is 27.3 Å². The Labute approximate surface area is 206 Å². The van der Waals surface area contributed by atoms with Crippen LogP contribution in [-0.4, -0.2) is 65.1 Å². The molecule has 0 radical (unpaired) electrons. The van der Waals surface area contributed by atoms with Crippen LogP contribution in [0.2, 0.25) is 0 Å². The lowest BCUT2D eigenvalue weighted by atomic mass is 9.84. The molecule has 190 valence electrons. The summed E-state index contributed by atoms with van der Waals surface area (Å²) in [5, 5.41) is 10.1. The summed E-state index contributed by atoms with van der Waals surface area (Å²) in [6, 6.07) is 7.65. The topological polar surface area (TPSA) is 116 Å². The Balaban J connectivity index is 1.38. The molecule has 1 fully saturated rings. The van der Waals surface area contributed by atoms with E-state index in [0.29, 0.717) is 51.7 Å². The van der Waals surface area contributed by atoms with E-state index in [4.69, 9.17) is 4.74 Å². The second-order valence-corrected chi connectivity index (χ2v) is 10.5.